The van der Waals surface area contributed by atoms with Gasteiger partial charge in [0.15, 0.2) is 11.7 Å². The van der Waals surface area contributed by atoms with Crippen molar-refractivity contribution in [2.75, 3.05) is 0 Å². The molecule has 6 nitrogen and oxygen atoms in total. The molecule has 0 radical (unpaired) electrons. The number of para-hydroxylation sites is 1. The molecule has 1 aliphatic carbocycles. The van der Waals surface area contributed by atoms with Crippen LogP contribution in [0.15, 0.2) is 28.8 Å². The number of benzene rings is 1. The van der Waals surface area contributed by atoms with Crippen LogP contribution in [0, 0.1) is 0 Å². The summed E-state index contributed by atoms with van der Waals surface area (Å²) in [6.07, 6.45) is 1.18. The molecule has 3 rings (SSSR count). The van der Waals surface area contributed by atoms with Crippen molar-refractivity contribution in [1.29, 1.82) is 0 Å². The molecule has 0 unspecified atom stereocenters. The van der Waals surface area contributed by atoms with Crippen LogP contribution in [0.1, 0.15) is 25.5 Å². The van der Waals surface area contributed by atoms with E-state index in [-0.39, 0.29) is 18.4 Å². The highest BCUT2D eigenvalue weighted by molar-refractivity contribution is 5.86. The van der Waals surface area contributed by atoms with Gasteiger partial charge in [0.2, 0.25) is 0 Å². The first-order valence-corrected chi connectivity index (χ1v) is 6.96. The molecule has 1 N–H and O–H groups in total. The first kappa shape index (κ1) is 13.6. The fraction of sp³-hybridized carbons (Fsp3) is 0.400. The van der Waals surface area contributed by atoms with Crippen LogP contribution in [0.25, 0.3) is 11.0 Å². The van der Waals surface area contributed by atoms with E-state index in [4.69, 9.17) is 9.26 Å². The van der Waals surface area contributed by atoms with Gasteiger partial charge >= 0.3 is 5.97 Å². The molecule has 1 aromatic heterocycles. The van der Waals surface area contributed by atoms with Gasteiger partial charge in [0.05, 0.1) is 6.42 Å². The molecular formula is C15H16N2O4. The van der Waals surface area contributed by atoms with Crippen LogP contribution in [0.4, 0.5) is 0 Å². The Morgan fingerprint density at radius 3 is 2.95 bits per heavy atom. The molecule has 0 spiro atoms. The number of nitrogens with one attached hydrogen (secondary N) is 1. The van der Waals surface area contributed by atoms with E-state index >= 15 is 0 Å². The molecule has 1 amide bonds. The van der Waals surface area contributed by atoms with Crippen molar-refractivity contribution in [3.05, 3.63) is 30.0 Å². The summed E-state index contributed by atoms with van der Waals surface area (Å²) in [5.74, 6) is -0.747. The molecule has 21 heavy (non-hydrogen) atoms. The molecule has 1 aliphatic rings. The van der Waals surface area contributed by atoms with E-state index in [1.807, 2.05) is 18.2 Å². The van der Waals surface area contributed by atoms with Crippen molar-refractivity contribution in [3.8, 4) is 0 Å². The Morgan fingerprint density at radius 2 is 2.19 bits per heavy atom. The standard InChI is InChI=1S/C15H16N2O4/c1-9(15(19)16-10-6-7-10)20-14(18)8-12-11-4-2-3-5-13(11)21-17-12/h2-5,9-10H,6-8H2,1H3,(H,16,19)/t9-/m0/s1. The number of ether oxygens (including phenoxy) is 1. The van der Waals surface area contributed by atoms with Gasteiger partial charge in [0.25, 0.3) is 5.91 Å². The average molecular weight is 288 g/mol. The van der Waals surface area contributed by atoms with Crippen molar-refractivity contribution in [2.45, 2.75) is 38.3 Å². The fourth-order valence-corrected chi connectivity index (χ4v) is 2.04. The first-order valence-electron chi connectivity index (χ1n) is 6.96. The smallest absolute Gasteiger partial charge is 0.312 e. The number of amides is 1. The number of esters is 1. The zero-order chi connectivity index (χ0) is 14.8. The highest BCUT2D eigenvalue weighted by Gasteiger charge is 2.27. The molecule has 0 saturated heterocycles. The predicted octanol–water partition coefficient (Wildman–Crippen LogP) is 1.58. The summed E-state index contributed by atoms with van der Waals surface area (Å²) >= 11 is 0. The average Bonchev–Trinajstić information content (AvgIpc) is 3.19. The minimum absolute atomic E-state index is 0.0158. The topological polar surface area (TPSA) is 81.4 Å². The Labute approximate surface area is 121 Å². The second-order valence-corrected chi connectivity index (χ2v) is 5.22. The minimum Gasteiger partial charge on any atom is -0.452 e. The Hall–Kier alpha value is -2.37. The number of aromatic nitrogens is 1. The van der Waals surface area contributed by atoms with Crippen LogP contribution in [-0.2, 0) is 20.7 Å². The van der Waals surface area contributed by atoms with E-state index in [2.05, 4.69) is 10.5 Å². The Balaban J connectivity index is 1.59. The maximum Gasteiger partial charge on any atom is 0.312 e. The normalized spacial score (nSPS) is 15.7. The van der Waals surface area contributed by atoms with Gasteiger partial charge in [0.1, 0.15) is 5.69 Å². The molecule has 1 atom stereocenters. The van der Waals surface area contributed by atoms with Gasteiger partial charge in [-0.3, -0.25) is 9.59 Å². The Kier molecular flexibility index (Phi) is 3.60. The largest absolute Gasteiger partial charge is 0.452 e. The van der Waals surface area contributed by atoms with Crippen molar-refractivity contribution in [3.63, 3.8) is 0 Å². The second kappa shape index (κ2) is 5.55. The molecular weight excluding hydrogens is 272 g/mol. The molecule has 0 bridgehead atoms. The lowest BCUT2D eigenvalue weighted by atomic mass is 10.2. The lowest BCUT2D eigenvalue weighted by molar-refractivity contribution is -0.154. The van der Waals surface area contributed by atoms with E-state index in [0.717, 1.165) is 18.2 Å². The van der Waals surface area contributed by atoms with E-state index < -0.39 is 12.1 Å². The molecule has 110 valence electrons. The van der Waals surface area contributed by atoms with Gasteiger partial charge in [-0.2, -0.15) is 0 Å². The Bertz CT molecular complexity index is 675. The second-order valence-electron chi connectivity index (χ2n) is 5.22. The summed E-state index contributed by atoms with van der Waals surface area (Å²) in [7, 11) is 0. The van der Waals surface area contributed by atoms with Crippen LogP contribution in [-0.4, -0.2) is 29.2 Å². The van der Waals surface area contributed by atoms with E-state index in [1.54, 1.807) is 13.0 Å². The summed E-state index contributed by atoms with van der Waals surface area (Å²) in [5, 5.41) is 7.45. The van der Waals surface area contributed by atoms with Crippen molar-refractivity contribution >= 4 is 22.8 Å². The number of hydrogen-bond donors (Lipinski definition) is 1. The maximum absolute atomic E-state index is 11.9. The van der Waals surface area contributed by atoms with E-state index in [1.165, 1.54) is 0 Å². The number of rotatable bonds is 5. The van der Waals surface area contributed by atoms with Gasteiger partial charge in [-0.1, -0.05) is 17.3 Å². The molecule has 0 aliphatic heterocycles. The lowest BCUT2D eigenvalue weighted by Crippen LogP contribution is -2.37. The monoisotopic (exact) mass is 288 g/mol. The Morgan fingerprint density at radius 1 is 1.43 bits per heavy atom. The number of carbonyl (C=O) groups excluding carboxylic acids is 2. The van der Waals surface area contributed by atoms with E-state index in [0.29, 0.717) is 11.3 Å². The molecule has 1 fully saturated rings. The third-order valence-corrected chi connectivity index (χ3v) is 3.37. The van der Waals surface area contributed by atoms with Crippen molar-refractivity contribution in [1.82, 2.24) is 10.5 Å². The first-order chi connectivity index (χ1) is 10.1. The zero-order valence-corrected chi connectivity index (χ0v) is 11.7. The zero-order valence-electron chi connectivity index (χ0n) is 11.7. The predicted molar refractivity (Wildman–Crippen MR) is 74.4 cm³/mol. The number of fused-ring (bicyclic) bond motifs is 1. The van der Waals surface area contributed by atoms with Crippen LogP contribution < -0.4 is 5.32 Å². The molecule has 1 aromatic carbocycles. The van der Waals surface area contributed by atoms with Gasteiger partial charge in [-0.25, -0.2) is 0 Å². The quantitative estimate of drug-likeness (QED) is 0.845. The third-order valence-electron chi connectivity index (χ3n) is 3.37. The molecule has 6 heteroatoms. The SMILES string of the molecule is C[C@H](OC(=O)Cc1noc2ccccc12)C(=O)NC1CC1. The summed E-state index contributed by atoms with van der Waals surface area (Å²) < 4.78 is 10.3. The number of carbonyl (C=O) groups is 2. The van der Waals surface area contributed by atoms with E-state index in [9.17, 15) is 9.59 Å². The highest BCUT2D eigenvalue weighted by Crippen LogP contribution is 2.20. The summed E-state index contributed by atoms with van der Waals surface area (Å²) in [4.78, 5) is 23.6. The highest BCUT2D eigenvalue weighted by atomic mass is 16.5. The number of nitrogens with zero attached hydrogens (tertiary/aromatic N) is 1. The fourth-order valence-electron chi connectivity index (χ4n) is 2.04. The van der Waals surface area contributed by atoms with Gasteiger partial charge < -0.3 is 14.6 Å². The number of hydrogen-bond acceptors (Lipinski definition) is 5. The summed E-state index contributed by atoms with van der Waals surface area (Å²) in [6.45, 7) is 1.57. The summed E-state index contributed by atoms with van der Waals surface area (Å²) in [6, 6.07) is 7.54. The van der Waals surface area contributed by atoms with Gasteiger partial charge in [0, 0.05) is 11.4 Å². The molecule has 1 heterocycles. The lowest BCUT2D eigenvalue weighted by Gasteiger charge is -2.12. The molecule has 1 saturated carbocycles. The van der Waals surface area contributed by atoms with Crippen molar-refractivity contribution in [2.24, 2.45) is 0 Å². The van der Waals surface area contributed by atoms with Crippen LogP contribution in [0.5, 0.6) is 0 Å². The van der Waals surface area contributed by atoms with Gasteiger partial charge in [-0.15, -0.1) is 0 Å². The van der Waals surface area contributed by atoms with Crippen LogP contribution >= 0.6 is 0 Å². The van der Waals surface area contributed by atoms with Crippen LogP contribution in [0.2, 0.25) is 0 Å². The van der Waals surface area contributed by atoms with Crippen LogP contribution in [0.3, 0.4) is 0 Å². The van der Waals surface area contributed by atoms with Crippen molar-refractivity contribution < 1.29 is 18.8 Å². The summed E-state index contributed by atoms with van der Waals surface area (Å²) in [5.41, 5.74) is 1.14. The molecule has 2 aromatic rings. The third kappa shape index (κ3) is 3.21. The van der Waals surface area contributed by atoms with Gasteiger partial charge in [-0.05, 0) is 31.9 Å². The maximum atomic E-state index is 11.9. The minimum atomic E-state index is -0.795.